The smallest absolute Gasteiger partial charge is 0.120 e. The van der Waals surface area contributed by atoms with Crippen molar-refractivity contribution in [3.8, 4) is 5.75 Å². The number of phenols is 1. The van der Waals surface area contributed by atoms with Crippen LogP contribution in [0.3, 0.4) is 0 Å². The van der Waals surface area contributed by atoms with Crippen LogP contribution >= 0.6 is 11.6 Å². The van der Waals surface area contributed by atoms with E-state index in [2.05, 4.69) is 5.32 Å². The van der Waals surface area contributed by atoms with Gasteiger partial charge in [0.1, 0.15) is 5.75 Å². The Morgan fingerprint density at radius 2 is 1.83 bits per heavy atom. The minimum Gasteiger partial charge on any atom is -0.508 e. The third-order valence-electron chi connectivity index (χ3n) is 3.04. The Labute approximate surface area is 112 Å². The highest BCUT2D eigenvalue weighted by atomic mass is 35.5. The second kappa shape index (κ2) is 5.32. The van der Waals surface area contributed by atoms with Crippen molar-refractivity contribution in [2.24, 2.45) is 0 Å². The van der Waals surface area contributed by atoms with Gasteiger partial charge < -0.3 is 10.4 Å². The highest BCUT2D eigenvalue weighted by Gasteiger charge is 2.11. The van der Waals surface area contributed by atoms with E-state index in [1.165, 1.54) is 0 Å². The second-order valence-electron chi connectivity index (χ2n) is 4.34. The van der Waals surface area contributed by atoms with E-state index < -0.39 is 0 Å². The van der Waals surface area contributed by atoms with Gasteiger partial charge in [-0.2, -0.15) is 0 Å². The van der Waals surface area contributed by atoms with Crippen LogP contribution in [0, 0.1) is 6.92 Å². The van der Waals surface area contributed by atoms with Crippen molar-refractivity contribution in [3.63, 3.8) is 0 Å². The molecule has 0 saturated heterocycles. The number of rotatable bonds is 3. The van der Waals surface area contributed by atoms with E-state index in [-0.39, 0.29) is 6.04 Å². The Bertz CT molecular complexity index is 554. The van der Waals surface area contributed by atoms with E-state index in [9.17, 15) is 5.11 Å². The molecule has 2 aromatic rings. The summed E-state index contributed by atoms with van der Waals surface area (Å²) >= 11 is 6.09. The largest absolute Gasteiger partial charge is 0.508 e. The van der Waals surface area contributed by atoms with Gasteiger partial charge in [0.05, 0.1) is 6.04 Å². The maximum atomic E-state index is 9.82. The van der Waals surface area contributed by atoms with Crippen molar-refractivity contribution in [3.05, 3.63) is 58.6 Å². The van der Waals surface area contributed by atoms with Gasteiger partial charge in [-0.05, 0) is 37.6 Å². The highest BCUT2D eigenvalue weighted by Crippen LogP contribution is 2.29. The lowest BCUT2D eigenvalue weighted by atomic mass is 10.1. The first-order valence-corrected chi connectivity index (χ1v) is 6.27. The van der Waals surface area contributed by atoms with E-state index in [1.54, 1.807) is 6.07 Å². The summed E-state index contributed by atoms with van der Waals surface area (Å²) in [5, 5.41) is 13.9. The summed E-state index contributed by atoms with van der Waals surface area (Å²) in [7, 11) is 0. The van der Waals surface area contributed by atoms with Crippen LogP contribution < -0.4 is 5.32 Å². The van der Waals surface area contributed by atoms with Gasteiger partial charge in [-0.1, -0.05) is 35.9 Å². The average Bonchev–Trinajstić information content (AvgIpc) is 2.35. The first kappa shape index (κ1) is 12.8. The van der Waals surface area contributed by atoms with Gasteiger partial charge in [-0.3, -0.25) is 0 Å². The number of aromatic hydroxyl groups is 1. The summed E-state index contributed by atoms with van der Waals surface area (Å²) in [6.45, 7) is 3.98. The molecule has 3 heteroatoms. The third kappa shape index (κ3) is 2.59. The fourth-order valence-corrected chi connectivity index (χ4v) is 2.10. The first-order valence-electron chi connectivity index (χ1n) is 5.89. The second-order valence-corrected chi connectivity index (χ2v) is 4.74. The molecule has 1 unspecified atom stereocenters. The molecule has 0 radical (unpaired) electrons. The molecule has 2 nitrogen and oxygen atoms in total. The molecule has 0 aliphatic rings. The minimum atomic E-state index is 0.0170. The molecule has 0 aliphatic carbocycles. The molecule has 2 rings (SSSR count). The summed E-state index contributed by atoms with van der Waals surface area (Å²) in [5.41, 5.74) is 2.87. The fraction of sp³-hybridized carbons (Fsp3) is 0.200. The van der Waals surface area contributed by atoms with E-state index in [1.807, 2.05) is 50.2 Å². The van der Waals surface area contributed by atoms with Gasteiger partial charge >= 0.3 is 0 Å². The minimum absolute atomic E-state index is 0.0170. The third-order valence-corrected chi connectivity index (χ3v) is 3.45. The SMILES string of the molecule is Cc1c(Cl)cccc1NC(C)c1ccccc1O. The standard InChI is InChI=1S/C15H16ClNO/c1-10-13(16)7-5-8-14(10)17-11(2)12-6-3-4-9-15(12)18/h3-9,11,17-18H,1-2H3. The quantitative estimate of drug-likeness (QED) is 0.851. The summed E-state index contributed by atoms with van der Waals surface area (Å²) < 4.78 is 0. The molecular formula is C15H16ClNO. The lowest BCUT2D eigenvalue weighted by molar-refractivity contribution is 0.465. The number of benzene rings is 2. The van der Waals surface area contributed by atoms with Crippen LogP contribution in [0.1, 0.15) is 24.1 Å². The van der Waals surface area contributed by atoms with Gasteiger partial charge in [-0.25, -0.2) is 0 Å². The first-order chi connectivity index (χ1) is 8.59. The predicted molar refractivity (Wildman–Crippen MR) is 76.3 cm³/mol. The maximum Gasteiger partial charge on any atom is 0.120 e. The van der Waals surface area contributed by atoms with Crippen LogP contribution in [0.15, 0.2) is 42.5 Å². The molecule has 0 saturated carbocycles. The zero-order valence-electron chi connectivity index (χ0n) is 10.4. The molecule has 0 heterocycles. The van der Waals surface area contributed by atoms with E-state index in [4.69, 9.17) is 11.6 Å². The average molecular weight is 262 g/mol. The summed E-state index contributed by atoms with van der Waals surface area (Å²) in [6.07, 6.45) is 0. The Kier molecular flexibility index (Phi) is 3.78. The van der Waals surface area contributed by atoms with Gasteiger partial charge in [0, 0.05) is 16.3 Å². The molecule has 18 heavy (non-hydrogen) atoms. The van der Waals surface area contributed by atoms with E-state index in [0.717, 1.165) is 21.8 Å². The van der Waals surface area contributed by atoms with Gasteiger partial charge in [0.2, 0.25) is 0 Å². The van der Waals surface area contributed by atoms with Crippen molar-refractivity contribution in [2.75, 3.05) is 5.32 Å². The zero-order valence-corrected chi connectivity index (χ0v) is 11.2. The van der Waals surface area contributed by atoms with Crippen molar-refractivity contribution in [1.82, 2.24) is 0 Å². The number of anilines is 1. The lowest BCUT2D eigenvalue weighted by Crippen LogP contribution is -2.07. The van der Waals surface area contributed by atoms with Crippen molar-refractivity contribution >= 4 is 17.3 Å². The summed E-state index contributed by atoms with van der Waals surface area (Å²) in [5.74, 6) is 0.303. The Morgan fingerprint density at radius 3 is 2.56 bits per heavy atom. The van der Waals surface area contributed by atoms with Crippen LogP contribution in [-0.2, 0) is 0 Å². The van der Waals surface area contributed by atoms with Crippen LogP contribution in [-0.4, -0.2) is 5.11 Å². The maximum absolute atomic E-state index is 9.82. The number of phenolic OH excluding ortho intramolecular Hbond substituents is 1. The molecule has 0 spiro atoms. The number of nitrogens with one attached hydrogen (secondary N) is 1. The van der Waals surface area contributed by atoms with Crippen LogP contribution in [0.5, 0.6) is 5.75 Å². The van der Waals surface area contributed by atoms with Crippen LogP contribution in [0.25, 0.3) is 0 Å². The van der Waals surface area contributed by atoms with Crippen molar-refractivity contribution < 1.29 is 5.11 Å². The molecule has 0 bridgehead atoms. The molecule has 2 N–H and O–H groups in total. The molecule has 0 aliphatic heterocycles. The summed E-state index contributed by atoms with van der Waals surface area (Å²) in [6, 6.07) is 13.1. The van der Waals surface area contributed by atoms with E-state index >= 15 is 0 Å². The predicted octanol–water partition coefficient (Wildman–Crippen LogP) is 4.53. The lowest BCUT2D eigenvalue weighted by Gasteiger charge is -2.18. The summed E-state index contributed by atoms with van der Waals surface area (Å²) in [4.78, 5) is 0. The van der Waals surface area contributed by atoms with Crippen molar-refractivity contribution in [1.29, 1.82) is 0 Å². The number of hydrogen-bond donors (Lipinski definition) is 2. The molecule has 2 aromatic carbocycles. The fourth-order valence-electron chi connectivity index (χ4n) is 1.93. The Morgan fingerprint density at radius 1 is 1.11 bits per heavy atom. The van der Waals surface area contributed by atoms with Gasteiger partial charge in [-0.15, -0.1) is 0 Å². The molecule has 94 valence electrons. The van der Waals surface area contributed by atoms with Crippen molar-refractivity contribution in [2.45, 2.75) is 19.9 Å². The number of hydrogen-bond acceptors (Lipinski definition) is 2. The zero-order chi connectivity index (χ0) is 13.1. The topological polar surface area (TPSA) is 32.3 Å². The van der Waals surface area contributed by atoms with E-state index in [0.29, 0.717) is 5.75 Å². The molecule has 0 aromatic heterocycles. The van der Waals surface area contributed by atoms with Crippen LogP contribution in [0.4, 0.5) is 5.69 Å². The molecule has 1 atom stereocenters. The van der Waals surface area contributed by atoms with Gasteiger partial charge in [0.25, 0.3) is 0 Å². The molecule has 0 amide bonds. The molecular weight excluding hydrogens is 246 g/mol. The van der Waals surface area contributed by atoms with Crippen LogP contribution in [0.2, 0.25) is 5.02 Å². The molecule has 0 fully saturated rings. The normalized spacial score (nSPS) is 12.2. The highest BCUT2D eigenvalue weighted by molar-refractivity contribution is 6.31. The monoisotopic (exact) mass is 261 g/mol. The number of halogens is 1. The Hall–Kier alpha value is -1.67. The Balaban J connectivity index is 2.24. The number of para-hydroxylation sites is 1. The van der Waals surface area contributed by atoms with Gasteiger partial charge in [0.15, 0.2) is 0 Å².